The van der Waals surface area contributed by atoms with Gasteiger partial charge in [0.25, 0.3) is 5.56 Å². The molecule has 2 aliphatic rings. The molecule has 0 spiro atoms. The van der Waals surface area contributed by atoms with E-state index in [0.717, 1.165) is 84.5 Å². The van der Waals surface area contributed by atoms with Gasteiger partial charge in [-0.3, -0.25) is 9.69 Å². The molecule has 1 aliphatic carbocycles. The van der Waals surface area contributed by atoms with Gasteiger partial charge in [-0.1, -0.05) is 24.3 Å². The van der Waals surface area contributed by atoms with Gasteiger partial charge < -0.3 is 14.4 Å². The largest absolute Gasteiger partial charge is 0.379 e. The van der Waals surface area contributed by atoms with E-state index in [1.807, 2.05) is 36.4 Å². The normalized spacial score (nSPS) is 16.9. The number of morpholine rings is 1. The van der Waals surface area contributed by atoms with E-state index in [-0.39, 0.29) is 5.56 Å². The number of H-pyrrole nitrogens is 1. The number of nitrogens with one attached hydrogen (secondary N) is 2. The molecule has 1 aliphatic heterocycles. The highest BCUT2D eigenvalue weighted by atomic mass is 32.2. The molecule has 2 aromatic carbocycles. The molecule has 7 heteroatoms. The number of hydrogen-bond donors (Lipinski definition) is 2. The molecule has 156 valence electrons. The minimum absolute atomic E-state index is 0.0548. The van der Waals surface area contributed by atoms with E-state index in [2.05, 4.69) is 20.7 Å². The van der Waals surface area contributed by atoms with Gasteiger partial charge in [-0.2, -0.15) is 0 Å². The molecule has 0 bridgehead atoms. The second-order valence-electron chi connectivity index (χ2n) is 7.86. The minimum Gasteiger partial charge on any atom is -0.379 e. The number of hydrogen-bond acceptors (Lipinski definition) is 4. The van der Waals surface area contributed by atoms with E-state index in [1.165, 1.54) is 0 Å². The van der Waals surface area contributed by atoms with Crippen LogP contribution in [0.15, 0.2) is 47.3 Å². The molecule has 2 N–H and O–H groups in total. The van der Waals surface area contributed by atoms with Crippen molar-refractivity contribution in [1.82, 2.24) is 9.88 Å². The van der Waals surface area contributed by atoms with Gasteiger partial charge in [0, 0.05) is 41.9 Å². The Hall–Kier alpha value is -2.48. The Balaban J connectivity index is 1.27. The van der Waals surface area contributed by atoms with Crippen LogP contribution in [0.1, 0.15) is 17.5 Å². The molecule has 2 heterocycles. The predicted molar refractivity (Wildman–Crippen MR) is 121 cm³/mol. The monoisotopic (exact) mass is 423 g/mol. The number of pyridine rings is 1. The fourth-order valence-corrected chi connectivity index (χ4v) is 5.30. The molecule has 5 rings (SSSR count). The molecule has 0 amide bonds. The Morgan fingerprint density at radius 1 is 1.10 bits per heavy atom. The third kappa shape index (κ3) is 3.80. The molecule has 0 saturated carbocycles. The molecule has 3 aromatic rings. The molecule has 1 atom stereocenters. The van der Waals surface area contributed by atoms with E-state index in [4.69, 9.17) is 4.74 Å². The molecule has 1 saturated heterocycles. The van der Waals surface area contributed by atoms with Crippen LogP contribution >= 0.6 is 0 Å². The lowest BCUT2D eigenvalue weighted by molar-refractivity contribution is 0.0381. The second-order valence-corrected chi connectivity index (χ2v) is 9.16. The van der Waals surface area contributed by atoms with Crippen LogP contribution in [0.3, 0.4) is 0 Å². The lowest BCUT2D eigenvalue weighted by atomic mass is 10.0. The van der Waals surface area contributed by atoms with Gasteiger partial charge in [0.15, 0.2) is 0 Å². The quantitative estimate of drug-likeness (QED) is 0.500. The summed E-state index contributed by atoms with van der Waals surface area (Å²) in [6.45, 7) is 4.46. The van der Waals surface area contributed by atoms with Crippen molar-refractivity contribution >= 4 is 27.4 Å². The third-order valence-electron chi connectivity index (χ3n) is 5.92. The lowest BCUT2D eigenvalue weighted by Gasteiger charge is -2.26. The van der Waals surface area contributed by atoms with Crippen molar-refractivity contribution < 1.29 is 8.95 Å². The highest BCUT2D eigenvalue weighted by Gasteiger charge is 2.23. The van der Waals surface area contributed by atoms with Crippen molar-refractivity contribution in [2.75, 3.05) is 43.3 Å². The Kier molecular flexibility index (Phi) is 5.41. The van der Waals surface area contributed by atoms with Crippen molar-refractivity contribution in [3.05, 3.63) is 63.9 Å². The number of fused-ring (bicyclic) bond motifs is 5. The maximum atomic E-state index is 12.5. The van der Waals surface area contributed by atoms with Gasteiger partial charge in [0.2, 0.25) is 0 Å². The van der Waals surface area contributed by atoms with Crippen molar-refractivity contribution in [2.24, 2.45) is 0 Å². The highest BCUT2D eigenvalue weighted by Crippen LogP contribution is 2.38. The fraction of sp³-hybridized carbons (Fsp3) is 0.348. The summed E-state index contributed by atoms with van der Waals surface area (Å²) in [7, 11) is -1.11. The number of anilines is 1. The maximum Gasteiger partial charge on any atom is 0.256 e. The molecule has 1 aromatic heterocycles. The summed E-state index contributed by atoms with van der Waals surface area (Å²) < 4.78 is 21.0. The van der Waals surface area contributed by atoms with Crippen molar-refractivity contribution in [1.29, 1.82) is 0 Å². The van der Waals surface area contributed by atoms with Crippen LogP contribution in [0, 0.1) is 0 Å². The first kappa shape index (κ1) is 19.5. The zero-order valence-corrected chi connectivity index (χ0v) is 17.6. The third-order valence-corrected chi connectivity index (χ3v) is 7.04. The molecule has 1 fully saturated rings. The molecule has 6 nitrogen and oxygen atoms in total. The van der Waals surface area contributed by atoms with Crippen molar-refractivity contribution in [3.8, 4) is 11.3 Å². The number of rotatable bonds is 6. The van der Waals surface area contributed by atoms with E-state index < -0.39 is 11.0 Å². The Morgan fingerprint density at radius 2 is 1.90 bits per heavy atom. The SMILES string of the molecule is O=c1[nH]c2c(c3ccccc13)Cc1cc(NS(=O)CCCN3CCOCC3)ccc1-2. The zero-order valence-electron chi connectivity index (χ0n) is 16.8. The summed E-state index contributed by atoms with van der Waals surface area (Å²) in [5.41, 5.74) is 5.07. The van der Waals surface area contributed by atoms with Crippen LogP contribution in [0.25, 0.3) is 22.0 Å². The van der Waals surface area contributed by atoms with Crippen LogP contribution < -0.4 is 10.3 Å². The van der Waals surface area contributed by atoms with Crippen LogP contribution in [-0.2, 0) is 22.1 Å². The van der Waals surface area contributed by atoms with Gasteiger partial charge in [-0.05, 0) is 47.7 Å². The zero-order chi connectivity index (χ0) is 20.5. The highest BCUT2D eigenvalue weighted by molar-refractivity contribution is 7.86. The van der Waals surface area contributed by atoms with E-state index in [9.17, 15) is 9.00 Å². The summed E-state index contributed by atoms with van der Waals surface area (Å²) in [5.74, 6) is 0.618. The van der Waals surface area contributed by atoms with Crippen LogP contribution in [0.4, 0.5) is 5.69 Å². The number of ether oxygens (including phenoxy) is 1. The predicted octanol–water partition coefficient (Wildman–Crippen LogP) is 2.90. The molecular weight excluding hydrogens is 398 g/mol. The van der Waals surface area contributed by atoms with Gasteiger partial charge in [0.1, 0.15) is 11.0 Å². The lowest BCUT2D eigenvalue weighted by Crippen LogP contribution is -2.37. The first-order chi connectivity index (χ1) is 14.7. The number of aromatic amines is 1. The van der Waals surface area contributed by atoms with Gasteiger partial charge >= 0.3 is 0 Å². The molecule has 0 radical (unpaired) electrons. The first-order valence-electron chi connectivity index (χ1n) is 10.4. The maximum absolute atomic E-state index is 12.5. The average Bonchev–Trinajstić information content (AvgIpc) is 3.12. The Morgan fingerprint density at radius 3 is 2.73 bits per heavy atom. The standard InChI is InChI=1S/C23H25N3O3S/c27-23-20-5-2-1-4-19(20)21-15-16-14-17(6-7-18(16)22(21)24-23)25-30(28)13-3-8-26-9-11-29-12-10-26/h1-2,4-7,14,25H,3,8-13,15H2,(H,24,27). The smallest absolute Gasteiger partial charge is 0.256 e. The van der Waals surface area contributed by atoms with Crippen LogP contribution in [0.5, 0.6) is 0 Å². The summed E-state index contributed by atoms with van der Waals surface area (Å²) in [5, 5.41) is 1.73. The van der Waals surface area contributed by atoms with Crippen LogP contribution in [0.2, 0.25) is 0 Å². The Labute approximate surface area is 177 Å². The average molecular weight is 424 g/mol. The fourth-order valence-electron chi connectivity index (χ4n) is 4.41. The summed E-state index contributed by atoms with van der Waals surface area (Å²) >= 11 is 0. The second kappa shape index (κ2) is 8.34. The minimum atomic E-state index is -1.11. The van der Waals surface area contributed by atoms with Crippen LogP contribution in [-0.4, -0.2) is 52.7 Å². The van der Waals surface area contributed by atoms with Crippen molar-refractivity contribution in [2.45, 2.75) is 12.8 Å². The number of aromatic nitrogens is 1. The molecular formula is C23H25N3O3S. The van der Waals surface area contributed by atoms with Gasteiger partial charge in [-0.25, -0.2) is 4.21 Å². The number of benzene rings is 2. The molecule has 30 heavy (non-hydrogen) atoms. The number of nitrogens with zero attached hydrogens (tertiary/aromatic N) is 1. The molecule has 1 unspecified atom stereocenters. The van der Waals surface area contributed by atoms with Gasteiger partial charge in [0.05, 0.1) is 18.9 Å². The summed E-state index contributed by atoms with van der Waals surface area (Å²) in [6.07, 6.45) is 1.66. The van der Waals surface area contributed by atoms with Gasteiger partial charge in [-0.15, -0.1) is 0 Å². The van der Waals surface area contributed by atoms with E-state index in [0.29, 0.717) is 5.75 Å². The topological polar surface area (TPSA) is 74.4 Å². The Bertz CT molecular complexity index is 1170. The van der Waals surface area contributed by atoms with Crippen molar-refractivity contribution in [3.63, 3.8) is 0 Å². The van der Waals surface area contributed by atoms with E-state index >= 15 is 0 Å². The van der Waals surface area contributed by atoms with E-state index in [1.54, 1.807) is 0 Å². The summed E-state index contributed by atoms with van der Waals surface area (Å²) in [4.78, 5) is 17.9. The first-order valence-corrected chi connectivity index (χ1v) is 11.7. The summed E-state index contributed by atoms with van der Waals surface area (Å²) in [6, 6.07) is 13.8.